The molecule has 1 heterocycles. The van der Waals surface area contributed by atoms with E-state index in [1.54, 1.807) is 14.2 Å². The maximum absolute atomic E-state index is 4.25. The zero-order valence-electron chi connectivity index (χ0n) is 7.31. The van der Waals surface area contributed by atoms with Gasteiger partial charge in [-0.2, -0.15) is 0 Å². The largest absolute Gasteiger partial charge is 0.388 e. The van der Waals surface area contributed by atoms with Crippen LogP contribution in [-0.4, -0.2) is 27.3 Å². The normalized spacial score (nSPS) is 24.9. The van der Waals surface area contributed by atoms with Crippen LogP contribution in [0.15, 0.2) is 0 Å². The smallest absolute Gasteiger partial charge is 0.0351 e. The second kappa shape index (κ2) is 7.03. The van der Waals surface area contributed by atoms with Crippen molar-refractivity contribution in [3.8, 4) is 0 Å². The molecule has 64 valence electrons. The molecule has 0 bridgehead atoms. The van der Waals surface area contributed by atoms with Gasteiger partial charge in [0.2, 0.25) is 0 Å². The lowest BCUT2D eigenvalue weighted by Gasteiger charge is -2.17. The summed E-state index contributed by atoms with van der Waals surface area (Å²) < 4.78 is 4.25. The maximum atomic E-state index is 4.25. The van der Waals surface area contributed by atoms with Crippen LogP contribution < -0.4 is 5.32 Å². The molecule has 0 aromatic heterocycles. The summed E-state index contributed by atoms with van der Waals surface area (Å²) in [5, 5.41) is 3.33. The minimum absolute atomic E-state index is 0. The first-order chi connectivity index (χ1) is 4.81. The van der Waals surface area contributed by atoms with Gasteiger partial charge in [-0.1, -0.05) is 6.92 Å². The molecule has 0 radical (unpaired) electrons. The van der Waals surface area contributed by atoms with E-state index in [1.807, 2.05) is 0 Å². The minimum atomic E-state index is 0. The average Bonchev–Trinajstić information content (AvgIpc) is 1.91. The zero-order valence-corrected chi connectivity index (χ0v) is 7.31. The highest BCUT2D eigenvalue weighted by Gasteiger charge is 2.04. The molecule has 2 heteroatoms. The van der Waals surface area contributed by atoms with E-state index in [0.29, 0.717) is 0 Å². The highest BCUT2D eigenvalue weighted by Crippen LogP contribution is 2.06. The lowest BCUT2D eigenvalue weighted by Crippen LogP contribution is -2.27. The second-order valence-corrected chi connectivity index (χ2v) is 2.86. The molecule has 2 nitrogen and oxygen atoms in total. The van der Waals surface area contributed by atoms with E-state index in [-0.39, 0.29) is 1.43 Å². The van der Waals surface area contributed by atoms with Gasteiger partial charge in [0.05, 0.1) is 0 Å². The number of piperidine rings is 1. The molecule has 1 unspecified atom stereocenters. The highest BCUT2D eigenvalue weighted by atomic mass is 16.4. The molecule has 1 fully saturated rings. The zero-order chi connectivity index (χ0) is 7.82. The lowest BCUT2D eigenvalue weighted by atomic mass is 10.0. The van der Waals surface area contributed by atoms with Crippen molar-refractivity contribution in [3.63, 3.8) is 0 Å². The van der Waals surface area contributed by atoms with E-state index in [1.165, 1.54) is 25.9 Å². The molecule has 1 aliphatic heterocycles. The summed E-state index contributed by atoms with van der Waals surface area (Å²) in [5.41, 5.74) is 0. The van der Waals surface area contributed by atoms with Gasteiger partial charge < -0.3 is 10.1 Å². The van der Waals surface area contributed by atoms with Crippen molar-refractivity contribution in [2.24, 2.45) is 5.92 Å². The van der Waals surface area contributed by atoms with E-state index < -0.39 is 0 Å². The summed E-state index contributed by atoms with van der Waals surface area (Å²) in [6.45, 7) is 4.77. The van der Waals surface area contributed by atoms with Gasteiger partial charge in [0.15, 0.2) is 0 Å². The molecular weight excluding hydrogens is 126 g/mol. The van der Waals surface area contributed by atoms with E-state index in [2.05, 4.69) is 17.0 Å². The van der Waals surface area contributed by atoms with Crippen molar-refractivity contribution in [2.45, 2.75) is 19.8 Å². The van der Waals surface area contributed by atoms with Crippen LogP contribution in [0.2, 0.25) is 0 Å². The Morgan fingerprint density at radius 1 is 1.50 bits per heavy atom. The molecular formula is C8H21NO. The Morgan fingerprint density at radius 3 is 2.30 bits per heavy atom. The summed E-state index contributed by atoms with van der Waals surface area (Å²) in [6.07, 6.45) is 2.80. The Kier molecular flexibility index (Phi) is 6.98. The summed E-state index contributed by atoms with van der Waals surface area (Å²) >= 11 is 0. The number of nitrogens with one attached hydrogen (secondary N) is 1. The van der Waals surface area contributed by atoms with E-state index in [9.17, 15) is 0 Å². The van der Waals surface area contributed by atoms with Crippen molar-refractivity contribution >= 4 is 0 Å². The molecule has 0 aromatic carbocycles. The molecule has 0 aliphatic carbocycles. The fourth-order valence-corrected chi connectivity index (χ4v) is 1.03. The highest BCUT2D eigenvalue weighted by molar-refractivity contribution is 4.63. The van der Waals surface area contributed by atoms with Gasteiger partial charge in [-0.15, -0.1) is 0 Å². The maximum Gasteiger partial charge on any atom is 0.0351 e. The number of rotatable bonds is 0. The second-order valence-electron chi connectivity index (χ2n) is 2.86. The minimum Gasteiger partial charge on any atom is -0.388 e. The molecule has 1 aliphatic rings. The van der Waals surface area contributed by atoms with Crippen LogP contribution >= 0.6 is 0 Å². The average molecular weight is 147 g/mol. The first kappa shape index (κ1) is 9.92. The third kappa shape index (κ3) is 6.05. The van der Waals surface area contributed by atoms with Crippen LogP contribution in [0.3, 0.4) is 0 Å². The molecule has 0 saturated carbocycles. The Bertz CT molecular complexity index is 65.1. The first-order valence-corrected chi connectivity index (χ1v) is 3.92. The molecule has 0 spiro atoms. The molecule has 10 heavy (non-hydrogen) atoms. The molecule has 1 saturated heterocycles. The quantitative estimate of drug-likeness (QED) is 0.561. The third-order valence-electron chi connectivity index (χ3n) is 1.54. The Balaban J connectivity index is 0. The fraction of sp³-hybridized carbons (Fsp3) is 1.00. The summed E-state index contributed by atoms with van der Waals surface area (Å²) in [6, 6.07) is 0. The van der Waals surface area contributed by atoms with Crippen LogP contribution in [0.1, 0.15) is 21.2 Å². The van der Waals surface area contributed by atoms with Gasteiger partial charge in [0, 0.05) is 15.6 Å². The Labute approximate surface area is 65.4 Å². The number of hydrogen-bond donors (Lipinski definition) is 1. The van der Waals surface area contributed by atoms with Crippen LogP contribution in [0, 0.1) is 5.92 Å². The van der Waals surface area contributed by atoms with Crippen LogP contribution in [0.5, 0.6) is 0 Å². The Morgan fingerprint density at radius 2 is 2.10 bits per heavy atom. The lowest BCUT2D eigenvalue weighted by molar-refractivity contribution is 0.277. The standard InChI is InChI=1S/C6H13N.C2H6O.H2/c1-6-3-2-4-7-5-6;1-3-2;/h6-7H,2-5H2,1H3;1-2H3;1H. The monoisotopic (exact) mass is 147 g/mol. The predicted molar refractivity (Wildman–Crippen MR) is 46.3 cm³/mol. The first-order valence-electron chi connectivity index (χ1n) is 3.92. The molecule has 0 amide bonds. The van der Waals surface area contributed by atoms with E-state index >= 15 is 0 Å². The van der Waals surface area contributed by atoms with Gasteiger partial charge in [-0.05, 0) is 31.8 Å². The van der Waals surface area contributed by atoms with Crippen LogP contribution in [0.4, 0.5) is 0 Å². The SMILES string of the molecule is CC1CCCNC1.COC.[HH]. The van der Waals surface area contributed by atoms with E-state index in [0.717, 1.165) is 5.92 Å². The fourth-order valence-electron chi connectivity index (χ4n) is 1.03. The van der Waals surface area contributed by atoms with Crippen LogP contribution in [0.25, 0.3) is 0 Å². The van der Waals surface area contributed by atoms with Crippen molar-refractivity contribution < 1.29 is 6.16 Å². The van der Waals surface area contributed by atoms with Crippen LogP contribution in [-0.2, 0) is 4.74 Å². The molecule has 0 aromatic rings. The summed E-state index contributed by atoms with van der Waals surface area (Å²) in [4.78, 5) is 0. The number of hydrogen-bond acceptors (Lipinski definition) is 2. The summed E-state index contributed by atoms with van der Waals surface area (Å²) in [5.74, 6) is 0.925. The van der Waals surface area contributed by atoms with Gasteiger partial charge >= 0.3 is 0 Å². The van der Waals surface area contributed by atoms with Gasteiger partial charge in [-0.3, -0.25) is 0 Å². The topological polar surface area (TPSA) is 21.3 Å². The molecule has 1 N–H and O–H groups in total. The Hall–Kier alpha value is -0.0800. The number of methoxy groups -OCH3 is 1. The third-order valence-corrected chi connectivity index (χ3v) is 1.54. The molecule has 1 rings (SSSR count). The number of ether oxygens (including phenoxy) is 1. The molecule has 1 atom stereocenters. The van der Waals surface area contributed by atoms with Crippen molar-refractivity contribution in [1.29, 1.82) is 0 Å². The predicted octanol–water partition coefficient (Wildman–Crippen LogP) is 1.51. The van der Waals surface area contributed by atoms with Gasteiger partial charge in [-0.25, -0.2) is 0 Å². The van der Waals surface area contributed by atoms with Gasteiger partial charge in [0.25, 0.3) is 0 Å². The van der Waals surface area contributed by atoms with Crippen molar-refractivity contribution in [1.82, 2.24) is 5.32 Å². The summed E-state index contributed by atoms with van der Waals surface area (Å²) in [7, 11) is 3.25. The van der Waals surface area contributed by atoms with Crippen molar-refractivity contribution in [2.75, 3.05) is 27.3 Å². The van der Waals surface area contributed by atoms with Crippen molar-refractivity contribution in [3.05, 3.63) is 0 Å². The van der Waals surface area contributed by atoms with E-state index in [4.69, 9.17) is 0 Å². The van der Waals surface area contributed by atoms with Gasteiger partial charge in [0.1, 0.15) is 0 Å².